The zero-order chi connectivity index (χ0) is 38.8. The Bertz CT molecular complexity index is 1510. The van der Waals surface area contributed by atoms with Crippen LogP contribution in [0.25, 0.3) is 0 Å². The van der Waals surface area contributed by atoms with Gasteiger partial charge >= 0.3 is 12.2 Å². The first-order valence-corrected chi connectivity index (χ1v) is 18.0. The minimum atomic E-state index is -4.61. The number of carbonyl (C=O) groups excluding carboxylic acids is 5. The van der Waals surface area contributed by atoms with Gasteiger partial charge in [0, 0.05) is 13.1 Å². The van der Waals surface area contributed by atoms with Gasteiger partial charge in [0.2, 0.25) is 17.6 Å². The number of alkyl halides is 3. The smallest absolute Gasteiger partial charge is 0.372 e. The van der Waals surface area contributed by atoms with E-state index in [0.29, 0.717) is 6.42 Å². The lowest BCUT2D eigenvalue weighted by molar-refractivity contribution is -0.204. The average molecular weight is 734 g/mol. The normalized spacial score (nSPS) is 23.6. The van der Waals surface area contributed by atoms with E-state index in [4.69, 9.17) is 4.74 Å². The van der Waals surface area contributed by atoms with Crippen LogP contribution in [0.1, 0.15) is 79.7 Å². The number of ketones is 1. The van der Waals surface area contributed by atoms with Crippen LogP contribution in [-0.2, 0) is 30.5 Å². The highest BCUT2D eigenvalue weighted by molar-refractivity contribution is 6.38. The highest BCUT2D eigenvalue weighted by atomic mass is 19.4. The topological polar surface area (TPSA) is 146 Å². The van der Waals surface area contributed by atoms with Crippen LogP contribution in [0.15, 0.2) is 43.0 Å². The number of carbonyl (C=O) groups is 5. The summed E-state index contributed by atoms with van der Waals surface area (Å²) in [7, 11) is 0. The zero-order valence-corrected chi connectivity index (χ0v) is 31.2. The van der Waals surface area contributed by atoms with Crippen molar-refractivity contribution in [3.8, 4) is 0 Å². The molecule has 4 N–H and O–H groups in total. The van der Waals surface area contributed by atoms with Crippen molar-refractivity contribution in [3.63, 3.8) is 0 Å². The highest BCUT2D eigenvalue weighted by Crippen LogP contribution is 2.65. The first kappa shape index (κ1) is 40.8. The largest absolute Gasteiger partial charge is 0.396 e. The van der Waals surface area contributed by atoms with Crippen molar-refractivity contribution in [1.82, 2.24) is 26.2 Å². The quantitative estimate of drug-likeness (QED) is 0.144. The van der Waals surface area contributed by atoms with Gasteiger partial charge in [0.15, 0.2) is 0 Å². The zero-order valence-electron chi connectivity index (χ0n) is 31.2. The van der Waals surface area contributed by atoms with Crippen molar-refractivity contribution in [2.45, 2.75) is 117 Å². The van der Waals surface area contributed by atoms with E-state index in [0.717, 1.165) is 5.56 Å². The maximum absolute atomic E-state index is 14.4. The third-order valence-corrected chi connectivity index (χ3v) is 11.0. The first-order chi connectivity index (χ1) is 24.2. The molecule has 5 amide bonds. The summed E-state index contributed by atoms with van der Waals surface area (Å²) in [5.41, 5.74) is -2.62. The van der Waals surface area contributed by atoms with Crippen LogP contribution < -0.4 is 21.3 Å². The Kier molecular flexibility index (Phi) is 12.2. The molecular formula is C38H54F3N5O6. The molecule has 4 rings (SSSR count). The van der Waals surface area contributed by atoms with E-state index in [1.165, 1.54) is 17.9 Å². The van der Waals surface area contributed by atoms with Gasteiger partial charge in [-0.25, -0.2) is 4.79 Å². The van der Waals surface area contributed by atoms with Gasteiger partial charge in [0.25, 0.3) is 5.91 Å². The molecule has 3 fully saturated rings. The number of rotatable bonds is 16. The predicted octanol–water partition coefficient (Wildman–Crippen LogP) is 4.66. The number of likely N-dealkylation sites (tertiary alicyclic amines) is 1. The molecule has 52 heavy (non-hydrogen) atoms. The van der Waals surface area contributed by atoms with E-state index >= 15 is 0 Å². The SMILES string of the molecule is C=CCNC(=O)C(=O)C(CCC)NC(=O)[C@@H]1[C@@H]2[C@H](CN1C(=O)[C@@H](NC(=O)N[C@H](C(C)OCc1ccccc1)C1(C(F)(F)F)CC1)C(C)(C)C)C2(C)C. The van der Waals surface area contributed by atoms with Crippen molar-refractivity contribution >= 4 is 29.5 Å². The van der Waals surface area contributed by atoms with Gasteiger partial charge in [-0.05, 0) is 54.4 Å². The molecule has 2 aliphatic carbocycles. The van der Waals surface area contributed by atoms with Gasteiger partial charge in [-0.3, -0.25) is 19.2 Å². The molecule has 0 radical (unpaired) electrons. The van der Waals surface area contributed by atoms with Gasteiger partial charge in [-0.15, -0.1) is 6.58 Å². The third-order valence-electron chi connectivity index (χ3n) is 11.0. The van der Waals surface area contributed by atoms with Crippen molar-refractivity contribution in [1.29, 1.82) is 0 Å². The second-order valence-corrected chi connectivity index (χ2v) is 16.2. The Balaban J connectivity index is 1.54. The Labute approximate surface area is 304 Å². The van der Waals surface area contributed by atoms with Gasteiger partial charge in [-0.2, -0.15) is 13.2 Å². The summed E-state index contributed by atoms with van der Waals surface area (Å²) >= 11 is 0. The first-order valence-electron chi connectivity index (χ1n) is 18.0. The minimum absolute atomic E-state index is 0.0358. The van der Waals surface area contributed by atoms with Crippen molar-refractivity contribution in [2.24, 2.45) is 28.1 Å². The summed E-state index contributed by atoms with van der Waals surface area (Å²) in [6, 6.07) is 3.23. The van der Waals surface area contributed by atoms with Crippen LogP contribution in [0, 0.1) is 28.1 Å². The predicted molar refractivity (Wildman–Crippen MR) is 188 cm³/mol. The molecule has 3 aliphatic rings. The maximum atomic E-state index is 14.4. The van der Waals surface area contributed by atoms with E-state index in [9.17, 15) is 37.1 Å². The lowest BCUT2D eigenvalue weighted by atomic mass is 9.85. The molecule has 2 unspecified atom stereocenters. The summed E-state index contributed by atoms with van der Waals surface area (Å²) < 4.78 is 49.2. The Morgan fingerprint density at radius 1 is 1.04 bits per heavy atom. The van der Waals surface area contributed by atoms with Crippen molar-refractivity contribution < 1.29 is 41.9 Å². The van der Waals surface area contributed by atoms with Gasteiger partial charge in [-0.1, -0.05) is 84.4 Å². The Hall–Kier alpha value is -3.94. The number of ether oxygens (including phenoxy) is 1. The fourth-order valence-corrected chi connectivity index (χ4v) is 7.67. The van der Waals surface area contributed by atoms with E-state index in [1.54, 1.807) is 45.0 Å². The molecule has 1 heterocycles. The van der Waals surface area contributed by atoms with E-state index in [-0.39, 0.29) is 56.2 Å². The number of nitrogens with one attached hydrogen (secondary N) is 4. The lowest BCUT2D eigenvalue weighted by Gasteiger charge is -2.39. The number of hydrogen-bond donors (Lipinski definition) is 4. The van der Waals surface area contributed by atoms with E-state index in [1.807, 2.05) is 26.8 Å². The molecule has 1 aromatic carbocycles. The summed E-state index contributed by atoms with van der Waals surface area (Å²) in [5, 5.41) is 10.3. The van der Waals surface area contributed by atoms with Gasteiger partial charge in [0.05, 0.1) is 30.2 Å². The number of piperidine rings is 1. The summed E-state index contributed by atoms with van der Waals surface area (Å²) in [6.45, 7) is 16.3. The molecule has 1 aliphatic heterocycles. The molecule has 7 atom stereocenters. The van der Waals surface area contributed by atoms with Crippen LogP contribution in [0.4, 0.5) is 18.0 Å². The Morgan fingerprint density at radius 3 is 2.21 bits per heavy atom. The van der Waals surface area contributed by atoms with E-state index in [2.05, 4.69) is 27.8 Å². The average Bonchev–Trinajstić information content (AvgIpc) is 3.92. The molecule has 0 bridgehead atoms. The monoisotopic (exact) mass is 733 g/mol. The maximum Gasteiger partial charge on any atom is 0.396 e. The number of hydrogen-bond acceptors (Lipinski definition) is 6. The minimum Gasteiger partial charge on any atom is -0.372 e. The summed E-state index contributed by atoms with van der Waals surface area (Å²) in [4.78, 5) is 68.9. The number of nitrogens with zero attached hydrogens (tertiary/aromatic N) is 1. The highest BCUT2D eigenvalue weighted by Gasteiger charge is 2.70. The molecule has 14 heteroatoms. The molecular weight excluding hydrogens is 679 g/mol. The third kappa shape index (κ3) is 8.64. The van der Waals surface area contributed by atoms with Crippen molar-refractivity contribution in [2.75, 3.05) is 13.1 Å². The van der Waals surface area contributed by atoms with Crippen LogP contribution in [0.2, 0.25) is 0 Å². The number of benzene rings is 1. The van der Waals surface area contributed by atoms with Crippen LogP contribution in [0.3, 0.4) is 0 Å². The van der Waals surface area contributed by atoms with Gasteiger partial charge < -0.3 is 30.9 Å². The van der Waals surface area contributed by atoms with E-state index < -0.39 is 76.8 Å². The molecule has 1 aromatic rings. The Morgan fingerprint density at radius 2 is 1.67 bits per heavy atom. The fourth-order valence-electron chi connectivity index (χ4n) is 7.67. The standard InChI is InChI=1S/C38H54F3N5O6/c1-9-14-25(28(47)32(49)42-19-10-2)43-31(48)27-26-24(36(26,7)8)20-46(27)33(50)30(35(4,5)6)45-34(51)44-29(37(17-18-37)38(39,40)41)22(3)52-21-23-15-12-11-13-16-23/h10-13,15-16,22,24-27,29-30H,2,9,14,17-21H2,1,3-8H3,(H,42,49)(H,43,48)(H2,44,45,51)/t22?,24-,25?,26-,27-,29+,30+/m0/s1. The molecule has 0 spiro atoms. The number of urea groups is 1. The van der Waals surface area contributed by atoms with Crippen LogP contribution in [0.5, 0.6) is 0 Å². The van der Waals surface area contributed by atoms with Gasteiger partial charge in [0.1, 0.15) is 12.1 Å². The number of fused-ring (bicyclic) bond motifs is 1. The number of Topliss-reactive ketones (excluding diaryl/α,β-unsaturated/α-hetero) is 1. The number of amides is 5. The van der Waals surface area contributed by atoms with Crippen LogP contribution >= 0.6 is 0 Å². The second-order valence-electron chi connectivity index (χ2n) is 16.2. The summed E-state index contributed by atoms with van der Waals surface area (Å²) in [6.07, 6.45) is -3.87. The number of halogens is 3. The summed E-state index contributed by atoms with van der Waals surface area (Å²) in [5.74, 6) is -3.11. The molecule has 11 nitrogen and oxygen atoms in total. The molecule has 0 aromatic heterocycles. The van der Waals surface area contributed by atoms with Crippen molar-refractivity contribution in [3.05, 3.63) is 48.6 Å². The van der Waals surface area contributed by atoms with Crippen LogP contribution in [-0.4, -0.2) is 84.0 Å². The molecule has 1 saturated heterocycles. The lowest BCUT2D eigenvalue weighted by Crippen LogP contribution is -2.63. The molecule has 288 valence electrons. The molecule has 2 saturated carbocycles. The second kappa shape index (κ2) is 15.6. The fraction of sp³-hybridized carbons (Fsp3) is 0.658.